The van der Waals surface area contributed by atoms with Crippen molar-refractivity contribution in [3.63, 3.8) is 0 Å². The van der Waals surface area contributed by atoms with Crippen molar-refractivity contribution >= 4 is 58.5 Å². The molecule has 3 aliphatic heterocycles. The van der Waals surface area contributed by atoms with Crippen LogP contribution in [-0.2, 0) is 19.2 Å². The fraction of sp³-hybridized carbons (Fsp3) is 0.436. The van der Waals surface area contributed by atoms with Gasteiger partial charge in [-0.3, -0.25) is 39.0 Å². The fourth-order valence-electron chi connectivity index (χ4n) is 7.95. The number of nitrogens with zero attached hydrogens (tertiary/aromatic N) is 5. The molecular weight excluding hydrogens is 742 g/mol. The van der Waals surface area contributed by atoms with Crippen LogP contribution in [-0.4, -0.2) is 119 Å². The second-order valence-electron chi connectivity index (χ2n) is 14.5. The molecule has 17 heteroatoms. The molecule has 1 aliphatic carbocycles. The van der Waals surface area contributed by atoms with Crippen molar-refractivity contribution in [2.24, 2.45) is 0 Å². The van der Waals surface area contributed by atoms with E-state index < -0.39 is 41.7 Å². The Morgan fingerprint density at radius 1 is 0.982 bits per heavy atom. The Balaban J connectivity index is 0.881. The molecule has 1 aromatic heterocycles. The number of piperazine rings is 1. The van der Waals surface area contributed by atoms with E-state index >= 15 is 0 Å². The average molecular weight is 786 g/mol. The molecule has 5 N–H and O–H groups in total. The van der Waals surface area contributed by atoms with Crippen molar-refractivity contribution in [1.82, 2.24) is 35.7 Å². The number of carbonyl (C=O) groups is 6. The van der Waals surface area contributed by atoms with E-state index in [-0.39, 0.29) is 61.2 Å². The highest BCUT2D eigenvalue weighted by Crippen LogP contribution is 2.43. The van der Waals surface area contributed by atoms with E-state index in [9.17, 15) is 33.9 Å². The van der Waals surface area contributed by atoms with Crippen molar-refractivity contribution < 1.29 is 33.9 Å². The molecule has 3 aromatic rings. The van der Waals surface area contributed by atoms with E-state index in [1.54, 1.807) is 24.3 Å². The lowest BCUT2D eigenvalue weighted by molar-refractivity contribution is -0.136. The summed E-state index contributed by atoms with van der Waals surface area (Å²) >= 11 is 6.16. The number of aliphatic hydroxyl groups is 1. The number of hydrogen-bond donors (Lipinski definition) is 5. The topological polar surface area (TPSA) is 206 Å². The third-order valence-electron chi connectivity index (χ3n) is 10.8. The smallest absolute Gasteiger partial charge is 0.264 e. The summed E-state index contributed by atoms with van der Waals surface area (Å²) in [5.74, 6) is -2.10. The number of imide groups is 2. The number of anilines is 2. The third-order valence-corrected chi connectivity index (χ3v) is 11.1. The van der Waals surface area contributed by atoms with E-state index in [4.69, 9.17) is 11.6 Å². The highest BCUT2D eigenvalue weighted by molar-refractivity contribution is 6.30. The Morgan fingerprint density at radius 3 is 2.50 bits per heavy atom. The summed E-state index contributed by atoms with van der Waals surface area (Å²) in [5.41, 5.74) is 3.20. The summed E-state index contributed by atoms with van der Waals surface area (Å²) in [7, 11) is 0. The first-order valence-corrected chi connectivity index (χ1v) is 19.3. The van der Waals surface area contributed by atoms with Crippen LogP contribution in [0.4, 0.5) is 11.5 Å². The van der Waals surface area contributed by atoms with Crippen LogP contribution in [0.3, 0.4) is 0 Å². The van der Waals surface area contributed by atoms with Crippen LogP contribution in [0, 0.1) is 0 Å². The van der Waals surface area contributed by atoms with Crippen molar-refractivity contribution in [1.29, 1.82) is 0 Å². The van der Waals surface area contributed by atoms with Crippen LogP contribution < -0.4 is 26.2 Å². The minimum atomic E-state index is -1.06. The average Bonchev–Trinajstić information content (AvgIpc) is 3.63. The summed E-state index contributed by atoms with van der Waals surface area (Å²) in [6.45, 7) is 5.39. The van der Waals surface area contributed by atoms with E-state index in [0.717, 1.165) is 21.8 Å². The van der Waals surface area contributed by atoms with E-state index in [1.165, 1.54) is 12.4 Å². The SMILES string of the molecule is C[C@@H]1C[C@@H](O)c2ncnc(N3CCN(C(=O)C(CNCCC(=O)NCCNc4cccc5c4C(=O)N(C4CCC(=O)NC4=O)C5=O)c4ccc(Cl)cc4)CC3)c21. The lowest BCUT2D eigenvalue weighted by atomic mass is 9.97. The first-order valence-electron chi connectivity index (χ1n) is 18.9. The lowest BCUT2D eigenvalue weighted by Crippen LogP contribution is -2.54. The maximum atomic E-state index is 14.0. The normalized spacial score (nSPS) is 21.1. The van der Waals surface area contributed by atoms with Crippen molar-refractivity contribution in [2.75, 3.05) is 62.6 Å². The third kappa shape index (κ3) is 7.94. The first kappa shape index (κ1) is 38.8. The van der Waals surface area contributed by atoms with E-state index in [0.29, 0.717) is 62.1 Å². The van der Waals surface area contributed by atoms with Gasteiger partial charge in [-0.2, -0.15) is 0 Å². The van der Waals surface area contributed by atoms with Gasteiger partial charge in [0, 0.05) is 81.5 Å². The number of aromatic nitrogens is 2. The van der Waals surface area contributed by atoms with Crippen molar-refractivity contribution in [2.45, 2.75) is 56.6 Å². The number of fused-ring (bicyclic) bond motifs is 2. The molecule has 294 valence electrons. The zero-order chi connectivity index (χ0) is 39.5. The van der Waals surface area contributed by atoms with Crippen LogP contribution >= 0.6 is 11.6 Å². The summed E-state index contributed by atoms with van der Waals surface area (Å²) < 4.78 is 0. The molecule has 2 saturated heterocycles. The predicted octanol–water partition coefficient (Wildman–Crippen LogP) is 1.71. The number of piperidine rings is 1. The molecule has 56 heavy (non-hydrogen) atoms. The second-order valence-corrected chi connectivity index (χ2v) is 14.9. The Labute approximate surface area is 328 Å². The number of nitrogens with one attached hydrogen (secondary N) is 4. The molecule has 2 aromatic carbocycles. The summed E-state index contributed by atoms with van der Waals surface area (Å²) in [4.78, 5) is 91.0. The molecule has 6 amide bonds. The predicted molar refractivity (Wildman–Crippen MR) is 205 cm³/mol. The number of amides is 6. The molecule has 16 nitrogen and oxygen atoms in total. The molecule has 0 spiro atoms. The molecular formula is C39H44ClN9O7. The highest BCUT2D eigenvalue weighted by Gasteiger charge is 2.45. The Morgan fingerprint density at radius 2 is 1.75 bits per heavy atom. The van der Waals surface area contributed by atoms with Crippen LogP contribution in [0.2, 0.25) is 5.02 Å². The van der Waals surface area contributed by atoms with Gasteiger partial charge in [-0.05, 0) is 48.6 Å². The maximum Gasteiger partial charge on any atom is 0.264 e. The van der Waals surface area contributed by atoms with Crippen LogP contribution in [0.25, 0.3) is 0 Å². The van der Waals surface area contributed by atoms with Gasteiger partial charge in [0.2, 0.25) is 23.6 Å². The van der Waals surface area contributed by atoms with E-state index in [2.05, 4.69) is 43.1 Å². The number of benzene rings is 2. The highest BCUT2D eigenvalue weighted by atomic mass is 35.5. The Kier molecular flexibility index (Phi) is 11.6. The number of halogens is 1. The zero-order valence-corrected chi connectivity index (χ0v) is 31.7. The molecule has 2 fully saturated rings. The van der Waals surface area contributed by atoms with Crippen LogP contribution in [0.15, 0.2) is 48.8 Å². The molecule has 4 atom stereocenters. The zero-order valence-electron chi connectivity index (χ0n) is 30.9. The fourth-order valence-corrected chi connectivity index (χ4v) is 8.08. The van der Waals surface area contributed by atoms with Crippen molar-refractivity contribution in [3.05, 3.63) is 81.8 Å². The Bertz CT molecular complexity index is 2040. The quantitative estimate of drug-likeness (QED) is 0.124. The molecule has 4 aliphatic rings. The van der Waals surface area contributed by atoms with Gasteiger partial charge in [0.1, 0.15) is 18.2 Å². The minimum absolute atomic E-state index is 0.0282. The molecule has 4 heterocycles. The second kappa shape index (κ2) is 16.7. The van der Waals surface area contributed by atoms with Gasteiger partial charge in [-0.25, -0.2) is 9.97 Å². The van der Waals surface area contributed by atoms with Crippen molar-refractivity contribution in [3.8, 4) is 0 Å². The van der Waals surface area contributed by atoms with Gasteiger partial charge in [0.05, 0.1) is 28.8 Å². The van der Waals surface area contributed by atoms with Gasteiger partial charge >= 0.3 is 0 Å². The minimum Gasteiger partial charge on any atom is -0.387 e. The lowest BCUT2D eigenvalue weighted by Gasteiger charge is -2.38. The standard InChI is InChI=1S/C39H44ClN9O7/c1-22-19-29(50)34-32(22)35(45-21-44-34)47-15-17-48(18-16-47)37(54)26(23-5-7-24(40)8-6-23)20-41-12-11-30(51)43-14-13-42-27-4-2-3-25-33(27)39(56)49(38(25)55)28-9-10-31(52)46-36(28)53/h2-8,21-22,26,28-29,41-42,50H,9-20H2,1H3,(H,43,51)(H,46,52,53)/t22-,26?,28?,29-/m1/s1. The number of aliphatic hydroxyl groups excluding tert-OH is 1. The molecule has 0 radical (unpaired) electrons. The van der Waals surface area contributed by atoms with Gasteiger partial charge in [-0.1, -0.05) is 36.7 Å². The number of rotatable bonds is 13. The van der Waals surface area contributed by atoms with E-state index in [1.807, 2.05) is 17.0 Å². The summed E-state index contributed by atoms with van der Waals surface area (Å²) in [5, 5.41) is 22.4. The van der Waals surface area contributed by atoms with Gasteiger partial charge in [0.25, 0.3) is 11.8 Å². The molecule has 7 rings (SSSR count). The monoisotopic (exact) mass is 785 g/mol. The molecule has 2 unspecified atom stereocenters. The van der Waals surface area contributed by atoms with Gasteiger partial charge < -0.3 is 30.9 Å². The number of carbonyl (C=O) groups excluding carboxylic acids is 6. The summed E-state index contributed by atoms with van der Waals surface area (Å²) in [6, 6.07) is 10.9. The first-order chi connectivity index (χ1) is 27.0. The van der Waals surface area contributed by atoms with Gasteiger partial charge in [0.15, 0.2) is 0 Å². The molecule has 0 bridgehead atoms. The molecule has 0 saturated carbocycles. The maximum absolute atomic E-state index is 14.0. The van der Waals surface area contributed by atoms with Crippen LogP contribution in [0.1, 0.15) is 88.1 Å². The summed E-state index contributed by atoms with van der Waals surface area (Å²) in [6.07, 6.45) is 1.78. The van der Waals surface area contributed by atoms with Gasteiger partial charge in [-0.15, -0.1) is 0 Å². The Hall–Kier alpha value is -5.45. The van der Waals surface area contributed by atoms with Crippen LogP contribution in [0.5, 0.6) is 0 Å². The largest absolute Gasteiger partial charge is 0.387 e. The number of hydrogen-bond acceptors (Lipinski definition) is 12.